The van der Waals surface area contributed by atoms with Gasteiger partial charge in [0.15, 0.2) is 6.10 Å². The van der Waals surface area contributed by atoms with Gasteiger partial charge in [-0.15, -0.1) is 0 Å². The summed E-state index contributed by atoms with van der Waals surface area (Å²) < 4.78 is 32.3. The van der Waals surface area contributed by atoms with E-state index >= 15 is 0 Å². The zero-order valence-electron chi connectivity index (χ0n) is 15.0. The van der Waals surface area contributed by atoms with Crippen molar-refractivity contribution in [3.05, 3.63) is 0 Å². The lowest BCUT2D eigenvalue weighted by Gasteiger charge is -2.40. The Morgan fingerprint density at radius 1 is 1.28 bits per heavy atom. The van der Waals surface area contributed by atoms with Gasteiger partial charge in [0.2, 0.25) is 5.91 Å². The largest absolute Gasteiger partial charge is 0.469 e. The molecule has 0 bridgehead atoms. The minimum absolute atomic E-state index is 0.00116. The Morgan fingerprint density at radius 2 is 1.92 bits per heavy atom. The molecule has 1 heterocycles. The number of hydrogen-bond donors (Lipinski definition) is 2. The second-order valence-electron chi connectivity index (χ2n) is 6.24. The van der Waals surface area contributed by atoms with E-state index in [1.54, 1.807) is 13.8 Å². The van der Waals surface area contributed by atoms with Crippen LogP contribution in [0.25, 0.3) is 0 Å². The highest BCUT2D eigenvalue weighted by Crippen LogP contribution is 2.53. The third-order valence-electron chi connectivity index (χ3n) is 3.56. The molecule has 0 radical (unpaired) electrons. The zero-order chi connectivity index (χ0) is 19.3. The summed E-state index contributed by atoms with van der Waals surface area (Å²) in [5, 5.41) is 4.97. The second kappa shape index (κ2) is 8.75. The molecule has 11 heteroatoms. The van der Waals surface area contributed by atoms with E-state index in [2.05, 4.69) is 19.9 Å². The third-order valence-corrected chi connectivity index (χ3v) is 5.22. The number of nitrogens with one attached hydrogen (secondary N) is 2. The molecule has 1 amide bonds. The minimum Gasteiger partial charge on any atom is -0.469 e. The van der Waals surface area contributed by atoms with Gasteiger partial charge >= 0.3 is 19.7 Å². The molecule has 0 aliphatic carbocycles. The SMILES string of the molecule is COC(=O)CCNC(=O)[C@@H]1O[P@](=O)(NC(C)C(=O)OC)OCC1(C)C. The Hall–Kier alpha value is -1.48. The van der Waals surface area contributed by atoms with Gasteiger partial charge in [0.1, 0.15) is 6.04 Å². The fourth-order valence-electron chi connectivity index (χ4n) is 2.06. The zero-order valence-corrected chi connectivity index (χ0v) is 15.9. The molecule has 1 saturated heterocycles. The van der Waals surface area contributed by atoms with Crippen LogP contribution in [0.4, 0.5) is 0 Å². The average molecular weight is 380 g/mol. The second-order valence-corrected chi connectivity index (χ2v) is 7.96. The first-order valence-corrected chi connectivity index (χ1v) is 9.22. The number of carbonyl (C=O) groups is 3. The van der Waals surface area contributed by atoms with Crippen molar-refractivity contribution in [3.63, 3.8) is 0 Å². The number of amides is 1. The summed E-state index contributed by atoms with van der Waals surface area (Å²) in [6.45, 7) is 4.89. The van der Waals surface area contributed by atoms with E-state index in [1.807, 2.05) is 0 Å². The molecule has 25 heavy (non-hydrogen) atoms. The molecule has 0 aromatic carbocycles. The molecule has 3 atom stereocenters. The molecule has 144 valence electrons. The van der Waals surface area contributed by atoms with Crippen LogP contribution in [0.3, 0.4) is 0 Å². The van der Waals surface area contributed by atoms with Gasteiger partial charge in [0.05, 0.1) is 27.2 Å². The summed E-state index contributed by atoms with van der Waals surface area (Å²) >= 11 is 0. The van der Waals surface area contributed by atoms with Crippen molar-refractivity contribution in [3.8, 4) is 0 Å². The fraction of sp³-hybridized carbons (Fsp3) is 0.786. The number of hydrogen-bond acceptors (Lipinski definition) is 8. The van der Waals surface area contributed by atoms with Gasteiger partial charge in [0, 0.05) is 12.0 Å². The maximum atomic E-state index is 12.7. The Morgan fingerprint density at radius 3 is 2.48 bits per heavy atom. The average Bonchev–Trinajstić information content (AvgIpc) is 2.56. The van der Waals surface area contributed by atoms with E-state index in [9.17, 15) is 18.9 Å². The van der Waals surface area contributed by atoms with Crippen molar-refractivity contribution >= 4 is 25.6 Å². The van der Waals surface area contributed by atoms with Crippen LogP contribution in [0.1, 0.15) is 27.2 Å². The highest BCUT2D eigenvalue weighted by atomic mass is 31.2. The molecule has 2 N–H and O–H groups in total. The first kappa shape index (κ1) is 21.6. The molecule has 0 saturated carbocycles. The van der Waals surface area contributed by atoms with Gasteiger partial charge in [-0.1, -0.05) is 13.8 Å². The fourth-order valence-corrected chi connectivity index (χ4v) is 4.00. The summed E-state index contributed by atoms with van der Waals surface area (Å²) in [6.07, 6.45) is -1.09. The number of esters is 2. The van der Waals surface area contributed by atoms with Crippen LogP contribution in [0.2, 0.25) is 0 Å². The van der Waals surface area contributed by atoms with Crippen LogP contribution in [0, 0.1) is 5.41 Å². The van der Waals surface area contributed by atoms with Gasteiger partial charge < -0.3 is 14.8 Å². The quantitative estimate of drug-likeness (QED) is 0.475. The Labute approximate surface area is 146 Å². The Bertz CT molecular complexity index is 565. The summed E-state index contributed by atoms with van der Waals surface area (Å²) in [6, 6.07) is -0.944. The molecular formula is C14H25N2O8P. The lowest BCUT2D eigenvalue weighted by Crippen LogP contribution is -2.51. The van der Waals surface area contributed by atoms with Crippen LogP contribution in [-0.2, 0) is 37.5 Å². The number of ether oxygens (including phenoxy) is 2. The minimum atomic E-state index is -3.89. The van der Waals surface area contributed by atoms with E-state index in [1.165, 1.54) is 21.1 Å². The highest BCUT2D eigenvalue weighted by molar-refractivity contribution is 7.51. The van der Waals surface area contributed by atoms with Crippen LogP contribution in [-0.4, -0.2) is 57.4 Å². The first-order valence-electron chi connectivity index (χ1n) is 7.68. The topological polar surface area (TPSA) is 129 Å². The highest BCUT2D eigenvalue weighted by Gasteiger charge is 2.48. The van der Waals surface area contributed by atoms with Crippen molar-refractivity contribution in [2.45, 2.75) is 39.3 Å². The summed E-state index contributed by atoms with van der Waals surface area (Å²) in [5.41, 5.74) is -0.764. The molecule has 1 unspecified atom stereocenters. The van der Waals surface area contributed by atoms with E-state index in [0.717, 1.165) is 0 Å². The van der Waals surface area contributed by atoms with E-state index < -0.39 is 43.2 Å². The molecule has 0 spiro atoms. The molecule has 1 aliphatic heterocycles. The number of carbonyl (C=O) groups excluding carboxylic acids is 3. The standard InChI is InChI=1S/C14H25N2O8P/c1-9(13(19)22-5)16-25(20)23-8-14(2,3)11(24-25)12(18)15-7-6-10(17)21-4/h9,11H,6-8H2,1-5H3,(H,15,18)(H,16,20)/t9?,11-,25-/m0/s1. The van der Waals surface area contributed by atoms with Crippen LogP contribution >= 0.6 is 7.75 Å². The monoisotopic (exact) mass is 380 g/mol. The van der Waals surface area contributed by atoms with Crippen molar-refractivity contribution in [1.82, 2.24) is 10.4 Å². The predicted octanol–water partition coefficient (Wildman–Crippen LogP) is 0.367. The molecular weight excluding hydrogens is 355 g/mol. The summed E-state index contributed by atoms with van der Waals surface area (Å²) in [7, 11) is -1.44. The van der Waals surface area contributed by atoms with Crippen molar-refractivity contribution in [2.24, 2.45) is 5.41 Å². The molecule has 1 aliphatic rings. The normalized spacial score (nSPS) is 26.4. The van der Waals surface area contributed by atoms with E-state index in [4.69, 9.17) is 9.05 Å². The number of methoxy groups -OCH3 is 2. The van der Waals surface area contributed by atoms with Crippen molar-refractivity contribution in [1.29, 1.82) is 0 Å². The lowest BCUT2D eigenvalue weighted by molar-refractivity contribution is -0.142. The number of rotatable bonds is 7. The van der Waals surface area contributed by atoms with Crippen LogP contribution in [0.15, 0.2) is 0 Å². The molecule has 1 rings (SSSR count). The van der Waals surface area contributed by atoms with Gasteiger partial charge in [-0.2, -0.15) is 0 Å². The Kier molecular flexibility index (Phi) is 7.55. The predicted molar refractivity (Wildman–Crippen MR) is 86.5 cm³/mol. The van der Waals surface area contributed by atoms with E-state index in [0.29, 0.717) is 0 Å². The molecule has 1 fully saturated rings. The molecule has 0 aromatic heterocycles. The van der Waals surface area contributed by atoms with Gasteiger partial charge in [-0.25, -0.2) is 9.65 Å². The van der Waals surface area contributed by atoms with Crippen molar-refractivity contribution < 1.29 is 37.5 Å². The van der Waals surface area contributed by atoms with Crippen LogP contribution < -0.4 is 10.4 Å². The molecule has 0 aromatic rings. The first-order chi connectivity index (χ1) is 11.5. The maximum Gasteiger partial charge on any atom is 0.407 e. The third kappa shape index (κ3) is 6.07. The lowest BCUT2D eigenvalue weighted by atomic mass is 9.87. The van der Waals surface area contributed by atoms with Gasteiger partial charge in [0.25, 0.3) is 0 Å². The summed E-state index contributed by atoms with van der Waals surface area (Å²) in [4.78, 5) is 34.9. The van der Waals surface area contributed by atoms with E-state index in [-0.39, 0.29) is 19.6 Å². The Balaban J connectivity index is 2.75. The maximum absolute atomic E-state index is 12.7. The van der Waals surface area contributed by atoms with Gasteiger partial charge in [-0.3, -0.25) is 23.4 Å². The van der Waals surface area contributed by atoms with Crippen LogP contribution in [0.5, 0.6) is 0 Å². The van der Waals surface area contributed by atoms with Crippen molar-refractivity contribution in [2.75, 3.05) is 27.4 Å². The summed E-state index contributed by atoms with van der Waals surface area (Å²) in [5.74, 6) is -1.65. The smallest absolute Gasteiger partial charge is 0.407 e. The molecule has 10 nitrogen and oxygen atoms in total. The van der Waals surface area contributed by atoms with Gasteiger partial charge in [-0.05, 0) is 6.92 Å².